The molecular formula is C23H22N2O4. The summed E-state index contributed by atoms with van der Waals surface area (Å²) in [6, 6.07) is 14.7. The summed E-state index contributed by atoms with van der Waals surface area (Å²) >= 11 is 0. The van der Waals surface area contributed by atoms with Crippen molar-refractivity contribution in [3.8, 4) is 0 Å². The van der Waals surface area contributed by atoms with Gasteiger partial charge in [0.25, 0.3) is 5.91 Å². The lowest BCUT2D eigenvalue weighted by atomic mass is 9.83. The third-order valence-electron chi connectivity index (χ3n) is 6.25. The van der Waals surface area contributed by atoms with E-state index >= 15 is 0 Å². The number of nitrogens with one attached hydrogen (secondary N) is 1. The third kappa shape index (κ3) is 2.83. The van der Waals surface area contributed by atoms with Crippen LogP contribution in [0.4, 0.5) is 0 Å². The molecule has 1 spiro atoms. The molecule has 29 heavy (non-hydrogen) atoms. The summed E-state index contributed by atoms with van der Waals surface area (Å²) in [5.41, 5.74) is 3.47. The molecule has 2 aliphatic heterocycles. The van der Waals surface area contributed by atoms with Crippen molar-refractivity contribution in [2.45, 2.75) is 24.9 Å². The van der Waals surface area contributed by atoms with E-state index in [0.717, 1.165) is 17.6 Å². The van der Waals surface area contributed by atoms with Crippen molar-refractivity contribution < 1.29 is 19.4 Å². The van der Waals surface area contributed by atoms with E-state index in [1.165, 1.54) is 17.0 Å². The number of piperidine rings is 1. The van der Waals surface area contributed by atoms with Gasteiger partial charge < -0.3 is 19.7 Å². The Hall–Kier alpha value is -3.12. The molecule has 6 heteroatoms. The van der Waals surface area contributed by atoms with Crippen molar-refractivity contribution >= 4 is 22.8 Å². The number of ether oxygens (including phenoxy) is 1. The molecule has 3 heterocycles. The van der Waals surface area contributed by atoms with Gasteiger partial charge in [0, 0.05) is 24.0 Å². The number of aromatic amines is 1. The fraction of sp³-hybridized carbons (Fsp3) is 0.304. The van der Waals surface area contributed by atoms with E-state index in [1.54, 1.807) is 23.1 Å². The van der Waals surface area contributed by atoms with Crippen LogP contribution in [0.2, 0.25) is 0 Å². The standard InChI is InChI=1S/C23H22N2O4/c26-21(17-6-1-2-7-18(17)22(27)28)25-12-10-23(11-13-25)20-16(9-14-29-23)15-5-3-4-8-19(15)24-20/h1-8,24H,9-14H2,(H,27,28). The zero-order valence-corrected chi connectivity index (χ0v) is 16.0. The van der Waals surface area contributed by atoms with Crippen molar-refractivity contribution in [1.29, 1.82) is 0 Å². The highest BCUT2D eigenvalue weighted by Crippen LogP contribution is 2.43. The number of carboxylic acids is 1. The summed E-state index contributed by atoms with van der Waals surface area (Å²) in [5, 5.41) is 10.6. The summed E-state index contributed by atoms with van der Waals surface area (Å²) in [5.74, 6) is -1.31. The maximum Gasteiger partial charge on any atom is 0.336 e. The Labute approximate surface area is 168 Å². The monoisotopic (exact) mass is 390 g/mol. The highest BCUT2D eigenvalue weighted by molar-refractivity contribution is 6.04. The van der Waals surface area contributed by atoms with Gasteiger partial charge in [0.1, 0.15) is 5.60 Å². The predicted molar refractivity (Wildman–Crippen MR) is 108 cm³/mol. The van der Waals surface area contributed by atoms with Crippen molar-refractivity contribution in [3.63, 3.8) is 0 Å². The Balaban J connectivity index is 1.42. The van der Waals surface area contributed by atoms with Crippen LogP contribution in [0.3, 0.4) is 0 Å². The first kappa shape index (κ1) is 17.9. The van der Waals surface area contributed by atoms with Gasteiger partial charge in [-0.3, -0.25) is 4.79 Å². The van der Waals surface area contributed by atoms with Crippen LogP contribution in [0.5, 0.6) is 0 Å². The molecule has 0 atom stereocenters. The van der Waals surface area contributed by atoms with Crippen molar-refractivity contribution in [2.24, 2.45) is 0 Å². The maximum absolute atomic E-state index is 13.0. The SMILES string of the molecule is O=C(O)c1ccccc1C(=O)N1CCC2(CC1)OCCc1c2[nH]c2ccccc12. The molecular weight excluding hydrogens is 368 g/mol. The van der Waals surface area contributed by atoms with E-state index in [4.69, 9.17) is 4.74 Å². The zero-order chi connectivity index (χ0) is 20.0. The number of carbonyl (C=O) groups excluding carboxylic acids is 1. The first-order chi connectivity index (χ1) is 14.1. The lowest BCUT2D eigenvalue weighted by Gasteiger charge is -2.43. The molecule has 0 saturated carbocycles. The second kappa shape index (κ2) is 6.74. The molecule has 0 bridgehead atoms. The van der Waals surface area contributed by atoms with E-state index in [0.29, 0.717) is 32.5 Å². The van der Waals surface area contributed by atoms with E-state index in [-0.39, 0.29) is 17.0 Å². The molecule has 1 fully saturated rings. The minimum atomic E-state index is -1.08. The lowest BCUT2D eigenvalue weighted by Crippen LogP contribution is -2.48. The topological polar surface area (TPSA) is 82.6 Å². The summed E-state index contributed by atoms with van der Waals surface area (Å²) in [6.07, 6.45) is 2.26. The van der Waals surface area contributed by atoms with Crippen LogP contribution in [-0.2, 0) is 16.8 Å². The number of aromatic nitrogens is 1. The number of aromatic carboxylic acids is 1. The van der Waals surface area contributed by atoms with Crippen molar-refractivity contribution in [1.82, 2.24) is 9.88 Å². The van der Waals surface area contributed by atoms with Crippen LogP contribution in [0.25, 0.3) is 10.9 Å². The summed E-state index contributed by atoms with van der Waals surface area (Å²) in [7, 11) is 0. The first-order valence-corrected chi connectivity index (χ1v) is 9.95. The summed E-state index contributed by atoms with van der Waals surface area (Å²) in [4.78, 5) is 29.8. The normalized spacial score (nSPS) is 18.0. The average molecular weight is 390 g/mol. The Bertz CT molecular complexity index is 1110. The molecule has 0 unspecified atom stereocenters. The van der Waals surface area contributed by atoms with Crippen LogP contribution < -0.4 is 0 Å². The predicted octanol–water partition coefficient (Wildman–Crippen LogP) is 3.57. The Morgan fingerprint density at radius 3 is 2.45 bits per heavy atom. The van der Waals surface area contributed by atoms with Crippen LogP contribution in [0.1, 0.15) is 44.8 Å². The van der Waals surface area contributed by atoms with Gasteiger partial charge in [0.15, 0.2) is 0 Å². The highest BCUT2D eigenvalue weighted by Gasteiger charge is 2.43. The van der Waals surface area contributed by atoms with Crippen molar-refractivity contribution in [2.75, 3.05) is 19.7 Å². The number of para-hydroxylation sites is 1. The fourth-order valence-corrected chi connectivity index (χ4v) is 4.76. The number of fused-ring (bicyclic) bond motifs is 4. The number of nitrogens with zero attached hydrogens (tertiary/aromatic N) is 1. The Kier molecular flexibility index (Phi) is 4.17. The molecule has 2 N–H and O–H groups in total. The number of amides is 1. The number of likely N-dealkylation sites (tertiary alicyclic amines) is 1. The average Bonchev–Trinajstić information content (AvgIpc) is 3.14. The number of rotatable bonds is 2. The molecule has 2 aromatic carbocycles. The van der Waals surface area contributed by atoms with E-state index in [1.807, 2.05) is 6.07 Å². The van der Waals surface area contributed by atoms with Crippen molar-refractivity contribution in [3.05, 3.63) is 70.9 Å². The van der Waals surface area contributed by atoms with E-state index in [2.05, 4.69) is 23.2 Å². The minimum absolute atomic E-state index is 0.0459. The van der Waals surface area contributed by atoms with Gasteiger partial charge in [-0.05, 0) is 43.0 Å². The molecule has 2 aliphatic rings. The molecule has 5 rings (SSSR count). The smallest absolute Gasteiger partial charge is 0.336 e. The first-order valence-electron chi connectivity index (χ1n) is 9.95. The quantitative estimate of drug-likeness (QED) is 0.701. The second-order valence-corrected chi connectivity index (χ2v) is 7.76. The fourth-order valence-electron chi connectivity index (χ4n) is 4.76. The van der Waals surface area contributed by atoms with Gasteiger partial charge in [-0.1, -0.05) is 30.3 Å². The highest BCUT2D eigenvalue weighted by atomic mass is 16.5. The number of carbonyl (C=O) groups is 2. The number of hydrogen-bond acceptors (Lipinski definition) is 3. The Morgan fingerprint density at radius 2 is 1.69 bits per heavy atom. The number of hydrogen-bond donors (Lipinski definition) is 2. The van der Waals surface area contributed by atoms with Gasteiger partial charge in [0.2, 0.25) is 0 Å². The zero-order valence-electron chi connectivity index (χ0n) is 16.0. The summed E-state index contributed by atoms with van der Waals surface area (Å²) in [6.45, 7) is 1.73. The Morgan fingerprint density at radius 1 is 1.00 bits per heavy atom. The molecule has 0 radical (unpaired) electrons. The minimum Gasteiger partial charge on any atom is -0.478 e. The molecule has 1 amide bonds. The summed E-state index contributed by atoms with van der Waals surface area (Å²) < 4.78 is 6.29. The van der Waals surface area contributed by atoms with Crippen LogP contribution in [0.15, 0.2) is 48.5 Å². The van der Waals surface area contributed by atoms with Gasteiger partial charge in [-0.25, -0.2) is 4.79 Å². The van der Waals surface area contributed by atoms with Gasteiger partial charge in [-0.2, -0.15) is 0 Å². The lowest BCUT2D eigenvalue weighted by molar-refractivity contribution is -0.0957. The molecule has 3 aromatic rings. The molecule has 0 aliphatic carbocycles. The van der Waals surface area contributed by atoms with E-state index in [9.17, 15) is 14.7 Å². The van der Waals surface area contributed by atoms with Crippen LogP contribution in [-0.4, -0.2) is 46.6 Å². The van der Waals surface area contributed by atoms with Crippen LogP contribution in [0, 0.1) is 0 Å². The molecule has 148 valence electrons. The molecule has 6 nitrogen and oxygen atoms in total. The van der Waals surface area contributed by atoms with Gasteiger partial charge in [-0.15, -0.1) is 0 Å². The number of H-pyrrole nitrogens is 1. The van der Waals surface area contributed by atoms with Crippen LogP contribution >= 0.6 is 0 Å². The molecule has 1 saturated heterocycles. The number of carboxylic acid groups (broad SMARTS) is 1. The van der Waals surface area contributed by atoms with Gasteiger partial charge >= 0.3 is 5.97 Å². The largest absolute Gasteiger partial charge is 0.478 e. The van der Waals surface area contributed by atoms with E-state index < -0.39 is 11.6 Å². The third-order valence-corrected chi connectivity index (χ3v) is 6.25. The maximum atomic E-state index is 13.0. The number of benzene rings is 2. The van der Waals surface area contributed by atoms with Gasteiger partial charge in [0.05, 0.1) is 23.4 Å². The second-order valence-electron chi connectivity index (χ2n) is 7.76. The molecule has 1 aromatic heterocycles.